The third-order valence-electron chi connectivity index (χ3n) is 5.79. The number of nitrogens with one attached hydrogen (secondary N) is 1. The summed E-state index contributed by atoms with van der Waals surface area (Å²) in [6, 6.07) is 27.5. The Kier molecular flexibility index (Phi) is 8.08. The average molecular weight is 486 g/mol. The summed E-state index contributed by atoms with van der Waals surface area (Å²) in [4.78, 5) is 37.5. The van der Waals surface area contributed by atoms with Gasteiger partial charge in [0.15, 0.2) is 6.61 Å². The number of methoxy groups -OCH3 is 1. The van der Waals surface area contributed by atoms with Crippen molar-refractivity contribution in [1.29, 1.82) is 0 Å². The standard InChI is InChI=1S/C28H27N3O5/c1-35-27(33)23(17-20-11-5-2-6-12-20)29-26(32)19-36-28(34)24-18-25(21-13-7-3-8-14-21)31(30-24)22-15-9-4-10-16-22/h2-16,23,25H,17-19H2,1H3,(H,29,32). The molecule has 2 unspecified atom stereocenters. The molecule has 2 atom stereocenters. The van der Waals surface area contributed by atoms with Gasteiger partial charge in [0.05, 0.1) is 18.8 Å². The van der Waals surface area contributed by atoms with E-state index in [0.717, 1.165) is 16.8 Å². The summed E-state index contributed by atoms with van der Waals surface area (Å²) in [7, 11) is 1.26. The van der Waals surface area contributed by atoms with Gasteiger partial charge in [0.1, 0.15) is 11.8 Å². The van der Waals surface area contributed by atoms with Gasteiger partial charge in [0, 0.05) is 12.8 Å². The number of para-hydroxylation sites is 1. The zero-order chi connectivity index (χ0) is 25.3. The fourth-order valence-corrected chi connectivity index (χ4v) is 4.02. The highest BCUT2D eigenvalue weighted by Crippen LogP contribution is 2.35. The van der Waals surface area contributed by atoms with E-state index in [0.29, 0.717) is 6.42 Å². The summed E-state index contributed by atoms with van der Waals surface area (Å²) in [5.74, 6) is -1.86. The van der Waals surface area contributed by atoms with Crippen LogP contribution >= 0.6 is 0 Å². The van der Waals surface area contributed by atoms with Crippen molar-refractivity contribution in [3.8, 4) is 0 Å². The second kappa shape index (κ2) is 11.8. The van der Waals surface area contributed by atoms with Crippen LogP contribution in [-0.4, -0.2) is 43.3 Å². The molecule has 1 amide bonds. The van der Waals surface area contributed by atoms with Gasteiger partial charge in [0.2, 0.25) is 0 Å². The topological polar surface area (TPSA) is 97.3 Å². The van der Waals surface area contributed by atoms with Crippen LogP contribution in [0.4, 0.5) is 5.69 Å². The minimum atomic E-state index is -0.900. The lowest BCUT2D eigenvalue weighted by Crippen LogP contribution is -2.44. The Balaban J connectivity index is 1.40. The Morgan fingerprint density at radius 3 is 2.19 bits per heavy atom. The number of anilines is 1. The van der Waals surface area contributed by atoms with E-state index < -0.39 is 30.5 Å². The number of amides is 1. The van der Waals surface area contributed by atoms with Gasteiger partial charge in [-0.3, -0.25) is 9.80 Å². The molecule has 184 valence electrons. The normalized spacial score (nSPS) is 15.5. The van der Waals surface area contributed by atoms with Crippen molar-refractivity contribution < 1.29 is 23.9 Å². The number of carbonyl (C=O) groups excluding carboxylic acids is 3. The van der Waals surface area contributed by atoms with Crippen LogP contribution in [0.15, 0.2) is 96.1 Å². The summed E-state index contributed by atoms with van der Waals surface area (Å²) in [5.41, 5.74) is 2.92. The number of carbonyl (C=O) groups is 3. The first-order valence-electron chi connectivity index (χ1n) is 11.6. The first-order valence-corrected chi connectivity index (χ1v) is 11.6. The van der Waals surface area contributed by atoms with Crippen molar-refractivity contribution in [3.63, 3.8) is 0 Å². The summed E-state index contributed by atoms with van der Waals surface area (Å²) in [6.07, 6.45) is 0.586. The number of rotatable bonds is 9. The number of hydrogen-bond acceptors (Lipinski definition) is 7. The van der Waals surface area contributed by atoms with E-state index in [1.54, 1.807) is 5.01 Å². The number of benzene rings is 3. The monoisotopic (exact) mass is 485 g/mol. The molecule has 0 aromatic heterocycles. The van der Waals surface area contributed by atoms with Crippen LogP contribution in [0.25, 0.3) is 0 Å². The van der Waals surface area contributed by atoms with Gasteiger partial charge in [-0.25, -0.2) is 9.59 Å². The third-order valence-corrected chi connectivity index (χ3v) is 5.79. The SMILES string of the molecule is COC(=O)C(Cc1ccccc1)NC(=O)COC(=O)C1=NN(c2ccccc2)C(c2ccccc2)C1. The largest absolute Gasteiger partial charge is 0.467 e. The molecular weight excluding hydrogens is 458 g/mol. The molecule has 1 aliphatic heterocycles. The summed E-state index contributed by atoms with van der Waals surface area (Å²) in [5, 5.41) is 8.90. The van der Waals surface area contributed by atoms with Crippen LogP contribution in [0.5, 0.6) is 0 Å². The van der Waals surface area contributed by atoms with E-state index in [2.05, 4.69) is 10.4 Å². The highest BCUT2D eigenvalue weighted by Gasteiger charge is 2.33. The lowest BCUT2D eigenvalue weighted by atomic mass is 10.0. The molecule has 0 radical (unpaired) electrons. The van der Waals surface area contributed by atoms with Crippen LogP contribution in [0, 0.1) is 0 Å². The zero-order valence-electron chi connectivity index (χ0n) is 19.9. The van der Waals surface area contributed by atoms with Gasteiger partial charge in [0.25, 0.3) is 5.91 Å². The third kappa shape index (κ3) is 6.15. The second-order valence-corrected chi connectivity index (χ2v) is 8.27. The van der Waals surface area contributed by atoms with Gasteiger partial charge in [-0.2, -0.15) is 5.10 Å². The number of ether oxygens (including phenoxy) is 2. The predicted octanol–water partition coefficient (Wildman–Crippen LogP) is 3.44. The Bertz CT molecular complexity index is 1220. The molecule has 0 saturated carbocycles. The average Bonchev–Trinajstić information content (AvgIpc) is 3.38. The number of esters is 2. The second-order valence-electron chi connectivity index (χ2n) is 8.27. The molecule has 0 saturated heterocycles. The van der Waals surface area contributed by atoms with Crippen molar-refractivity contribution in [2.75, 3.05) is 18.7 Å². The number of hydrogen-bond donors (Lipinski definition) is 1. The molecule has 0 fully saturated rings. The van der Waals surface area contributed by atoms with Crippen molar-refractivity contribution in [2.24, 2.45) is 5.10 Å². The van der Waals surface area contributed by atoms with Crippen molar-refractivity contribution in [2.45, 2.75) is 24.9 Å². The summed E-state index contributed by atoms with van der Waals surface area (Å²) >= 11 is 0. The Labute approximate surface area is 209 Å². The molecule has 36 heavy (non-hydrogen) atoms. The predicted molar refractivity (Wildman–Crippen MR) is 135 cm³/mol. The zero-order valence-corrected chi connectivity index (χ0v) is 19.9. The van der Waals surface area contributed by atoms with E-state index in [-0.39, 0.29) is 18.2 Å². The summed E-state index contributed by atoms with van der Waals surface area (Å²) < 4.78 is 10.1. The fourth-order valence-electron chi connectivity index (χ4n) is 4.02. The molecule has 0 spiro atoms. The van der Waals surface area contributed by atoms with E-state index in [4.69, 9.17) is 9.47 Å². The molecule has 1 aliphatic rings. The van der Waals surface area contributed by atoms with Crippen molar-refractivity contribution in [3.05, 3.63) is 102 Å². The number of hydrazone groups is 1. The Hall–Kier alpha value is -4.46. The fraction of sp³-hybridized carbons (Fsp3) is 0.214. The van der Waals surface area contributed by atoms with Crippen LogP contribution < -0.4 is 10.3 Å². The molecule has 3 aromatic rings. The maximum atomic E-state index is 12.8. The molecule has 3 aromatic carbocycles. The quantitative estimate of drug-likeness (QED) is 0.467. The Morgan fingerprint density at radius 1 is 0.944 bits per heavy atom. The first-order chi connectivity index (χ1) is 17.5. The molecule has 4 rings (SSSR count). The molecule has 1 N–H and O–H groups in total. The molecule has 8 nitrogen and oxygen atoms in total. The van der Waals surface area contributed by atoms with Gasteiger partial charge in [-0.05, 0) is 23.3 Å². The highest BCUT2D eigenvalue weighted by molar-refractivity contribution is 6.37. The number of nitrogens with zero attached hydrogens (tertiary/aromatic N) is 2. The molecule has 0 bridgehead atoms. The van der Waals surface area contributed by atoms with Gasteiger partial charge in [-0.15, -0.1) is 0 Å². The minimum Gasteiger partial charge on any atom is -0.467 e. The van der Waals surface area contributed by atoms with Crippen LogP contribution in [0.3, 0.4) is 0 Å². The van der Waals surface area contributed by atoms with E-state index in [9.17, 15) is 14.4 Å². The summed E-state index contributed by atoms with van der Waals surface area (Å²) in [6.45, 7) is -0.540. The lowest BCUT2D eigenvalue weighted by molar-refractivity contribution is -0.147. The van der Waals surface area contributed by atoms with Gasteiger partial charge < -0.3 is 14.8 Å². The minimum absolute atomic E-state index is 0.181. The van der Waals surface area contributed by atoms with Gasteiger partial charge >= 0.3 is 11.9 Å². The highest BCUT2D eigenvalue weighted by atomic mass is 16.5. The van der Waals surface area contributed by atoms with Gasteiger partial charge in [-0.1, -0.05) is 78.9 Å². The molecular formula is C28H27N3O5. The molecule has 0 aliphatic carbocycles. The maximum Gasteiger partial charge on any atom is 0.355 e. The van der Waals surface area contributed by atoms with E-state index in [1.165, 1.54) is 7.11 Å². The molecule has 8 heteroatoms. The van der Waals surface area contributed by atoms with Crippen LogP contribution in [0.2, 0.25) is 0 Å². The van der Waals surface area contributed by atoms with Crippen molar-refractivity contribution in [1.82, 2.24) is 5.32 Å². The Morgan fingerprint density at radius 2 is 1.56 bits per heavy atom. The lowest BCUT2D eigenvalue weighted by Gasteiger charge is -2.23. The maximum absolute atomic E-state index is 12.8. The van der Waals surface area contributed by atoms with Crippen LogP contribution in [0.1, 0.15) is 23.6 Å². The van der Waals surface area contributed by atoms with Crippen LogP contribution in [-0.2, 0) is 30.3 Å². The van der Waals surface area contributed by atoms with E-state index in [1.807, 2.05) is 91.0 Å². The van der Waals surface area contributed by atoms with Crippen molar-refractivity contribution >= 4 is 29.2 Å². The first kappa shape index (κ1) is 24.7. The molecule has 1 heterocycles. The van der Waals surface area contributed by atoms with E-state index >= 15 is 0 Å². The smallest absolute Gasteiger partial charge is 0.355 e.